The topological polar surface area (TPSA) is 57.2 Å². The number of halogens is 1. The molecule has 1 heterocycles. The van der Waals surface area contributed by atoms with Crippen molar-refractivity contribution in [3.63, 3.8) is 0 Å². The monoisotopic (exact) mass is 488 g/mol. The van der Waals surface area contributed by atoms with Crippen LogP contribution in [0.15, 0.2) is 35.3 Å². The third-order valence-corrected chi connectivity index (χ3v) is 4.88. The number of piperidine rings is 1. The number of likely N-dealkylation sites (tertiary alicyclic amines) is 1. The molecule has 1 N–H and O–H groups in total. The Labute approximate surface area is 180 Å². The van der Waals surface area contributed by atoms with Crippen molar-refractivity contribution in [3.8, 4) is 0 Å². The number of methoxy groups -OCH3 is 1. The molecule has 0 saturated carbocycles. The number of ether oxygens (including phenoxy) is 1. The quantitative estimate of drug-likeness (QED) is 0.289. The van der Waals surface area contributed by atoms with E-state index >= 15 is 0 Å². The number of aliphatic imine (C=N–C) groups is 1. The highest BCUT2D eigenvalue weighted by molar-refractivity contribution is 14.0. The third-order valence-electron chi connectivity index (χ3n) is 4.88. The van der Waals surface area contributed by atoms with Gasteiger partial charge in [0.15, 0.2) is 5.96 Å². The summed E-state index contributed by atoms with van der Waals surface area (Å²) in [5, 5.41) is 3.34. The average molecular weight is 488 g/mol. The Morgan fingerprint density at radius 3 is 2.63 bits per heavy atom. The first-order valence-corrected chi connectivity index (χ1v) is 9.30. The lowest BCUT2D eigenvalue weighted by atomic mass is 9.82. The van der Waals surface area contributed by atoms with Gasteiger partial charge in [0.25, 0.3) is 0 Å². The van der Waals surface area contributed by atoms with E-state index in [0.717, 1.165) is 25.5 Å². The number of hydrogen-bond acceptors (Lipinski definition) is 3. The maximum absolute atomic E-state index is 11.9. The van der Waals surface area contributed by atoms with Crippen LogP contribution in [-0.2, 0) is 9.53 Å². The molecule has 1 fully saturated rings. The summed E-state index contributed by atoms with van der Waals surface area (Å²) < 4.78 is 5.13. The van der Waals surface area contributed by atoms with E-state index in [1.54, 1.807) is 26.1 Å². The maximum Gasteiger partial charge on any atom is 0.243 e. The van der Waals surface area contributed by atoms with Crippen molar-refractivity contribution in [2.45, 2.75) is 19.3 Å². The standard InChI is InChI=1S/C20H32N4O2.HI/c1-16-15-24(12-10-18(16)17-8-6-5-7-9-17)20(21-11-13-26-4)22-14-19(25)23(2)3;/h5-9,16,18H,10-15H2,1-4H3,(H,21,22);1H. The number of carbonyl (C=O) groups is 1. The molecule has 1 aliphatic rings. The molecule has 0 bridgehead atoms. The van der Waals surface area contributed by atoms with Crippen LogP contribution in [0.2, 0.25) is 0 Å². The zero-order valence-electron chi connectivity index (χ0n) is 16.9. The van der Waals surface area contributed by atoms with Crippen molar-refractivity contribution in [3.05, 3.63) is 35.9 Å². The third kappa shape index (κ3) is 7.29. The van der Waals surface area contributed by atoms with Gasteiger partial charge in [-0.2, -0.15) is 0 Å². The van der Waals surface area contributed by atoms with Gasteiger partial charge >= 0.3 is 0 Å². The van der Waals surface area contributed by atoms with Crippen molar-refractivity contribution in [2.75, 3.05) is 54.0 Å². The summed E-state index contributed by atoms with van der Waals surface area (Å²) in [5.74, 6) is 1.89. The van der Waals surface area contributed by atoms with E-state index in [0.29, 0.717) is 25.0 Å². The summed E-state index contributed by atoms with van der Waals surface area (Å²) in [4.78, 5) is 20.3. The summed E-state index contributed by atoms with van der Waals surface area (Å²) in [6.07, 6.45) is 1.08. The first-order valence-electron chi connectivity index (χ1n) is 9.30. The Balaban J connectivity index is 0.00000364. The Bertz CT molecular complexity index is 595. The molecule has 2 rings (SSSR count). The number of rotatable bonds is 6. The smallest absolute Gasteiger partial charge is 0.243 e. The molecule has 27 heavy (non-hydrogen) atoms. The molecule has 6 nitrogen and oxygen atoms in total. The van der Waals surface area contributed by atoms with Crippen molar-refractivity contribution in [1.29, 1.82) is 0 Å². The fraction of sp³-hybridized carbons (Fsp3) is 0.600. The second kappa shape index (κ2) is 12.2. The lowest BCUT2D eigenvalue weighted by molar-refractivity contribution is -0.127. The predicted octanol–water partition coefficient (Wildman–Crippen LogP) is 2.41. The van der Waals surface area contributed by atoms with Crippen molar-refractivity contribution < 1.29 is 9.53 Å². The summed E-state index contributed by atoms with van der Waals surface area (Å²) in [6.45, 7) is 5.60. The first-order chi connectivity index (χ1) is 12.5. The molecule has 1 amide bonds. The molecule has 2 unspecified atom stereocenters. The highest BCUT2D eigenvalue weighted by Crippen LogP contribution is 2.32. The molecule has 0 aliphatic carbocycles. The zero-order chi connectivity index (χ0) is 18.9. The molecule has 0 spiro atoms. The summed E-state index contributed by atoms with van der Waals surface area (Å²) >= 11 is 0. The second-order valence-electron chi connectivity index (χ2n) is 7.08. The van der Waals surface area contributed by atoms with Crippen LogP contribution in [0.3, 0.4) is 0 Å². The Morgan fingerprint density at radius 1 is 1.33 bits per heavy atom. The molecule has 0 aromatic heterocycles. The van der Waals surface area contributed by atoms with Gasteiger partial charge in [-0.25, -0.2) is 4.99 Å². The van der Waals surface area contributed by atoms with Crippen LogP contribution in [0.4, 0.5) is 0 Å². The van der Waals surface area contributed by atoms with Crippen LogP contribution in [0, 0.1) is 5.92 Å². The minimum atomic E-state index is 0. The Morgan fingerprint density at radius 2 is 2.04 bits per heavy atom. The Hall–Kier alpha value is -1.35. The van der Waals surface area contributed by atoms with Gasteiger partial charge in [-0.05, 0) is 23.8 Å². The van der Waals surface area contributed by atoms with Crippen molar-refractivity contribution >= 4 is 35.8 Å². The van der Waals surface area contributed by atoms with E-state index in [-0.39, 0.29) is 36.4 Å². The molecule has 1 aliphatic heterocycles. The molecule has 7 heteroatoms. The average Bonchev–Trinajstić information content (AvgIpc) is 2.64. The van der Waals surface area contributed by atoms with Gasteiger partial charge in [0, 0.05) is 40.8 Å². The van der Waals surface area contributed by atoms with Gasteiger partial charge in [0.05, 0.1) is 6.61 Å². The number of amides is 1. The second-order valence-corrected chi connectivity index (χ2v) is 7.08. The minimum Gasteiger partial charge on any atom is -0.383 e. The highest BCUT2D eigenvalue weighted by atomic mass is 127. The first kappa shape index (κ1) is 23.7. The summed E-state index contributed by atoms with van der Waals surface area (Å²) in [6, 6.07) is 10.7. The van der Waals surface area contributed by atoms with Crippen molar-refractivity contribution in [2.24, 2.45) is 10.9 Å². The van der Waals surface area contributed by atoms with Crippen LogP contribution < -0.4 is 5.32 Å². The maximum atomic E-state index is 11.9. The molecule has 1 aromatic carbocycles. The van der Waals surface area contributed by atoms with E-state index in [2.05, 4.69) is 52.5 Å². The van der Waals surface area contributed by atoms with E-state index in [1.807, 2.05) is 0 Å². The fourth-order valence-corrected chi connectivity index (χ4v) is 3.35. The highest BCUT2D eigenvalue weighted by Gasteiger charge is 2.28. The predicted molar refractivity (Wildman–Crippen MR) is 121 cm³/mol. The normalized spacial score (nSPS) is 20.0. The van der Waals surface area contributed by atoms with Gasteiger partial charge in [-0.3, -0.25) is 4.79 Å². The molecule has 2 atom stereocenters. The van der Waals surface area contributed by atoms with E-state index in [1.165, 1.54) is 5.56 Å². The van der Waals surface area contributed by atoms with Gasteiger partial charge in [0.2, 0.25) is 5.91 Å². The molecule has 0 radical (unpaired) electrons. The lowest BCUT2D eigenvalue weighted by Gasteiger charge is -2.39. The van der Waals surface area contributed by atoms with Crippen LogP contribution in [0.25, 0.3) is 0 Å². The van der Waals surface area contributed by atoms with Crippen LogP contribution in [0.1, 0.15) is 24.8 Å². The lowest BCUT2D eigenvalue weighted by Crippen LogP contribution is -2.49. The fourth-order valence-electron chi connectivity index (χ4n) is 3.35. The molecular formula is C20H33IN4O2. The number of hydrogen-bond donors (Lipinski definition) is 1. The van der Waals surface area contributed by atoms with Crippen LogP contribution in [0.5, 0.6) is 0 Å². The van der Waals surface area contributed by atoms with E-state index in [9.17, 15) is 4.79 Å². The van der Waals surface area contributed by atoms with Gasteiger partial charge < -0.3 is 19.9 Å². The van der Waals surface area contributed by atoms with E-state index < -0.39 is 0 Å². The number of carbonyl (C=O) groups excluding carboxylic acids is 1. The molecule has 152 valence electrons. The Kier molecular flexibility index (Phi) is 10.7. The number of guanidine groups is 1. The number of nitrogens with one attached hydrogen (secondary N) is 1. The van der Waals surface area contributed by atoms with Crippen LogP contribution >= 0.6 is 24.0 Å². The van der Waals surface area contributed by atoms with E-state index in [4.69, 9.17) is 4.74 Å². The summed E-state index contributed by atoms with van der Waals surface area (Å²) in [7, 11) is 5.19. The molecular weight excluding hydrogens is 455 g/mol. The molecule has 1 aromatic rings. The van der Waals surface area contributed by atoms with Crippen molar-refractivity contribution in [1.82, 2.24) is 15.1 Å². The zero-order valence-corrected chi connectivity index (χ0v) is 19.2. The van der Waals surface area contributed by atoms with Gasteiger partial charge in [0.1, 0.15) is 6.54 Å². The largest absolute Gasteiger partial charge is 0.383 e. The van der Waals surface area contributed by atoms with Gasteiger partial charge in [-0.15, -0.1) is 24.0 Å². The van der Waals surface area contributed by atoms with Gasteiger partial charge in [-0.1, -0.05) is 37.3 Å². The number of nitrogens with zero attached hydrogens (tertiary/aromatic N) is 3. The number of likely N-dealkylation sites (N-methyl/N-ethyl adjacent to an activating group) is 1. The minimum absolute atomic E-state index is 0. The molecule has 1 saturated heterocycles. The van der Waals surface area contributed by atoms with Crippen LogP contribution in [-0.4, -0.2) is 75.7 Å². The SMILES string of the molecule is COCCNC(=NCC(=O)N(C)C)N1CCC(c2ccccc2)C(C)C1.I. The number of benzene rings is 1. The summed E-state index contributed by atoms with van der Waals surface area (Å²) in [5.41, 5.74) is 1.41.